The van der Waals surface area contributed by atoms with Gasteiger partial charge in [-0.15, -0.1) is 0 Å². The molecule has 0 aromatic rings. The minimum atomic E-state index is 0.0671. The van der Waals surface area contributed by atoms with Gasteiger partial charge in [0.1, 0.15) is 0 Å². The van der Waals surface area contributed by atoms with Crippen LogP contribution in [0.15, 0.2) is 4.99 Å². The first kappa shape index (κ1) is 13.2. The second kappa shape index (κ2) is 6.62. The molecule has 0 rings (SSSR count). The highest BCUT2D eigenvalue weighted by Crippen LogP contribution is 2.03. The first-order valence-corrected chi connectivity index (χ1v) is 4.94. The minimum Gasteiger partial charge on any atom is -0.368 e. The summed E-state index contributed by atoms with van der Waals surface area (Å²) in [6.45, 7) is 10.0. The van der Waals surface area contributed by atoms with E-state index in [1.54, 1.807) is 5.48 Å². The Morgan fingerprint density at radius 1 is 1.36 bits per heavy atom. The van der Waals surface area contributed by atoms with E-state index in [-0.39, 0.29) is 5.96 Å². The molecule has 0 aliphatic carbocycles. The van der Waals surface area contributed by atoms with Gasteiger partial charge in [0.05, 0.1) is 6.54 Å². The molecule has 0 saturated heterocycles. The van der Waals surface area contributed by atoms with E-state index in [0.29, 0.717) is 18.6 Å². The number of aliphatic imine (C=N–C) groups is 1. The van der Waals surface area contributed by atoms with Crippen LogP contribution in [-0.2, 0) is 0 Å². The predicted molar refractivity (Wildman–Crippen MR) is 58.4 cm³/mol. The standard InChI is InChI=1S/C9H22N4O/c1-7(2)13(8(3)4)6-5-11-9(10)12-14/h7-8,14H,5-6H2,1-4H3,(H3,10,11,12). The molecule has 0 aromatic carbocycles. The van der Waals surface area contributed by atoms with Crippen molar-refractivity contribution in [2.75, 3.05) is 13.1 Å². The number of hydrogen-bond acceptors (Lipinski definition) is 3. The molecule has 0 saturated carbocycles. The van der Waals surface area contributed by atoms with Crippen LogP contribution in [0.5, 0.6) is 0 Å². The summed E-state index contributed by atoms with van der Waals surface area (Å²) in [7, 11) is 0. The lowest BCUT2D eigenvalue weighted by molar-refractivity contribution is 0.180. The average Bonchev–Trinajstić information content (AvgIpc) is 2.10. The second-order valence-electron chi connectivity index (χ2n) is 3.80. The molecule has 0 radical (unpaired) electrons. The number of nitrogens with zero attached hydrogens (tertiary/aromatic N) is 2. The van der Waals surface area contributed by atoms with Crippen molar-refractivity contribution < 1.29 is 5.21 Å². The van der Waals surface area contributed by atoms with Crippen LogP contribution in [-0.4, -0.2) is 41.2 Å². The maximum absolute atomic E-state index is 8.40. The Bertz CT molecular complexity index is 172. The Kier molecular flexibility index (Phi) is 6.23. The Morgan fingerprint density at radius 2 is 1.86 bits per heavy atom. The fraction of sp³-hybridized carbons (Fsp3) is 0.889. The number of rotatable bonds is 5. The van der Waals surface area contributed by atoms with E-state index < -0.39 is 0 Å². The van der Waals surface area contributed by atoms with Gasteiger partial charge in [0.15, 0.2) is 0 Å². The topological polar surface area (TPSA) is 73.9 Å². The first-order chi connectivity index (χ1) is 6.49. The predicted octanol–water partition coefficient (Wildman–Crippen LogP) is 0.399. The van der Waals surface area contributed by atoms with Crippen LogP contribution < -0.4 is 11.2 Å². The summed E-state index contributed by atoms with van der Waals surface area (Å²) >= 11 is 0. The summed E-state index contributed by atoms with van der Waals surface area (Å²) in [6.07, 6.45) is 0. The van der Waals surface area contributed by atoms with E-state index in [2.05, 4.69) is 37.6 Å². The molecule has 0 atom stereocenters. The van der Waals surface area contributed by atoms with Gasteiger partial charge in [-0.2, -0.15) is 0 Å². The Labute approximate surface area is 86.0 Å². The quantitative estimate of drug-likeness (QED) is 0.343. The van der Waals surface area contributed by atoms with Crippen molar-refractivity contribution in [3.8, 4) is 0 Å². The van der Waals surface area contributed by atoms with Crippen LogP contribution in [0.4, 0.5) is 0 Å². The van der Waals surface area contributed by atoms with Crippen molar-refractivity contribution in [3.63, 3.8) is 0 Å². The lowest BCUT2D eigenvalue weighted by Crippen LogP contribution is -2.39. The fourth-order valence-corrected chi connectivity index (χ4v) is 1.43. The summed E-state index contributed by atoms with van der Waals surface area (Å²) in [5.41, 5.74) is 7.09. The van der Waals surface area contributed by atoms with Crippen molar-refractivity contribution in [1.29, 1.82) is 0 Å². The molecule has 14 heavy (non-hydrogen) atoms. The number of nitrogens with one attached hydrogen (secondary N) is 1. The molecule has 5 heteroatoms. The van der Waals surface area contributed by atoms with Crippen molar-refractivity contribution >= 4 is 5.96 Å². The van der Waals surface area contributed by atoms with Crippen LogP contribution in [0.25, 0.3) is 0 Å². The molecule has 0 bridgehead atoms. The summed E-state index contributed by atoms with van der Waals surface area (Å²) in [5, 5.41) is 8.40. The maximum atomic E-state index is 8.40. The van der Waals surface area contributed by atoms with Gasteiger partial charge in [-0.1, -0.05) is 0 Å². The van der Waals surface area contributed by atoms with Gasteiger partial charge < -0.3 is 5.73 Å². The Morgan fingerprint density at radius 3 is 2.21 bits per heavy atom. The monoisotopic (exact) mass is 202 g/mol. The summed E-state index contributed by atoms with van der Waals surface area (Å²) < 4.78 is 0. The molecule has 0 fully saturated rings. The van der Waals surface area contributed by atoms with Gasteiger partial charge in [0.25, 0.3) is 0 Å². The van der Waals surface area contributed by atoms with E-state index in [4.69, 9.17) is 10.9 Å². The van der Waals surface area contributed by atoms with Crippen LogP contribution in [0.3, 0.4) is 0 Å². The van der Waals surface area contributed by atoms with E-state index in [1.807, 2.05) is 0 Å². The van der Waals surface area contributed by atoms with Gasteiger partial charge in [-0.05, 0) is 27.7 Å². The molecule has 4 N–H and O–H groups in total. The molecule has 0 amide bonds. The van der Waals surface area contributed by atoms with Gasteiger partial charge in [-0.3, -0.25) is 15.1 Å². The fourth-order valence-electron chi connectivity index (χ4n) is 1.43. The third-order valence-electron chi connectivity index (χ3n) is 2.08. The van der Waals surface area contributed by atoms with Gasteiger partial charge in [-0.25, -0.2) is 5.48 Å². The number of hydroxylamine groups is 1. The van der Waals surface area contributed by atoms with Crippen LogP contribution >= 0.6 is 0 Å². The van der Waals surface area contributed by atoms with E-state index in [9.17, 15) is 0 Å². The van der Waals surface area contributed by atoms with Gasteiger partial charge in [0.2, 0.25) is 5.96 Å². The first-order valence-electron chi connectivity index (χ1n) is 4.94. The van der Waals surface area contributed by atoms with E-state index in [0.717, 1.165) is 6.54 Å². The van der Waals surface area contributed by atoms with Crippen LogP contribution in [0.2, 0.25) is 0 Å². The van der Waals surface area contributed by atoms with Gasteiger partial charge in [0, 0.05) is 18.6 Å². The Balaban J connectivity index is 3.95. The van der Waals surface area contributed by atoms with Crippen molar-refractivity contribution in [1.82, 2.24) is 10.4 Å². The van der Waals surface area contributed by atoms with E-state index in [1.165, 1.54) is 0 Å². The molecule has 5 nitrogen and oxygen atoms in total. The molecule has 0 heterocycles. The molecule has 0 aliphatic heterocycles. The van der Waals surface area contributed by atoms with Crippen molar-refractivity contribution in [3.05, 3.63) is 0 Å². The van der Waals surface area contributed by atoms with Crippen molar-refractivity contribution in [2.24, 2.45) is 10.7 Å². The number of guanidine groups is 1. The lowest BCUT2D eigenvalue weighted by atomic mass is 10.2. The minimum absolute atomic E-state index is 0.0671. The highest BCUT2D eigenvalue weighted by atomic mass is 16.5. The second-order valence-corrected chi connectivity index (χ2v) is 3.80. The SMILES string of the molecule is CC(C)N(CCN=C(N)NO)C(C)C. The summed E-state index contributed by atoms with van der Waals surface area (Å²) in [4.78, 5) is 6.25. The average molecular weight is 202 g/mol. The van der Waals surface area contributed by atoms with Crippen molar-refractivity contribution in [2.45, 2.75) is 39.8 Å². The number of nitrogens with two attached hydrogens (primary N) is 1. The highest BCUT2D eigenvalue weighted by molar-refractivity contribution is 5.76. The number of hydrogen-bond donors (Lipinski definition) is 3. The molecular formula is C9H22N4O. The Hall–Kier alpha value is -0.810. The largest absolute Gasteiger partial charge is 0.368 e. The molecule has 0 unspecified atom stereocenters. The summed E-state index contributed by atoms with van der Waals surface area (Å²) in [6, 6.07) is 0.988. The molecular weight excluding hydrogens is 180 g/mol. The van der Waals surface area contributed by atoms with Gasteiger partial charge >= 0.3 is 0 Å². The summed E-state index contributed by atoms with van der Waals surface area (Å²) in [5.74, 6) is 0.0671. The molecule has 0 spiro atoms. The van der Waals surface area contributed by atoms with Crippen LogP contribution in [0.1, 0.15) is 27.7 Å². The van der Waals surface area contributed by atoms with Crippen LogP contribution in [0, 0.1) is 0 Å². The zero-order valence-corrected chi connectivity index (χ0v) is 9.49. The lowest BCUT2D eigenvalue weighted by Gasteiger charge is -2.29. The zero-order valence-electron chi connectivity index (χ0n) is 9.49. The molecule has 0 aliphatic rings. The normalized spacial score (nSPS) is 13.0. The third-order valence-corrected chi connectivity index (χ3v) is 2.08. The zero-order chi connectivity index (χ0) is 11.1. The maximum Gasteiger partial charge on any atom is 0.212 e. The molecule has 0 aromatic heterocycles. The van der Waals surface area contributed by atoms with E-state index >= 15 is 0 Å². The molecule has 84 valence electrons. The highest BCUT2D eigenvalue weighted by Gasteiger charge is 2.11. The smallest absolute Gasteiger partial charge is 0.212 e. The third kappa shape index (κ3) is 5.04.